The van der Waals surface area contributed by atoms with E-state index in [9.17, 15) is 0 Å². The second kappa shape index (κ2) is 6.52. The fourth-order valence-electron chi connectivity index (χ4n) is 2.31. The van der Waals surface area contributed by atoms with Gasteiger partial charge >= 0.3 is 0 Å². The maximum atomic E-state index is 4.56. The second-order valence-electron chi connectivity index (χ2n) is 5.07. The SMILES string of the molecule is CCC(NC)c1ccc(N(C)Cc2cnn(C)c2)cn1. The maximum absolute atomic E-state index is 4.56. The van der Waals surface area contributed by atoms with Gasteiger partial charge in [-0.05, 0) is 25.6 Å². The quantitative estimate of drug-likeness (QED) is 0.875. The van der Waals surface area contributed by atoms with Crippen LogP contribution in [0.25, 0.3) is 0 Å². The summed E-state index contributed by atoms with van der Waals surface area (Å²) in [5.41, 5.74) is 3.40. The molecule has 1 atom stereocenters. The van der Waals surface area contributed by atoms with Crippen LogP contribution in [-0.2, 0) is 13.6 Å². The highest BCUT2D eigenvalue weighted by Gasteiger charge is 2.09. The summed E-state index contributed by atoms with van der Waals surface area (Å²) in [6.45, 7) is 2.99. The third kappa shape index (κ3) is 3.36. The molecule has 0 spiro atoms. The second-order valence-corrected chi connectivity index (χ2v) is 5.07. The number of rotatable bonds is 6. The number of hydrogen-bond acceptors (Lipinski definition) is 4. The van der Waals surface area contributed by atoms with Crippen LogP contribution in [0.15, 0.2) is 30.7 Å². The summed E-state index contributed by atoms with van der Waals surface area (Å²) < 4.78 is 1.82. The molecule has 0 aliphatic carbocycles. The Morgan fingerprint density at radius 3 is 2.65 bits per heavy atom. The van der Waals surface area contributed by atoms with Crippen molar-refractivity contribution in [2.75, 3.05) is 19.0 Å². The standard InChI is InChI=1S/C15H23N5/c1-5-14(16-2)15-7-6-13(9-17-15)19(3)10-12-8-18-20(4)11-12/h6-9,11,14,16H,5,10H2,1-4H3. The van der Waals surface area contributed by atoms with Crippen LogP contribution in [-0.4, -0.2) is 28.9 Å². The number of nitrogens with one attached hydrogen (secondary N) is 1. The molecule has 0 amide bonds. The van der Waals surface area contributed by atoms with Crippen molar-refractivity contribution in [3.8, 4) is 0 Å². The van der Waals surface area contributed by atoms with Gasteiger partial charge in [0.1, 0.15) is 0 Å². The predicted octanol–water partition coefficient (Wildman–Crippen LogP) is 2.12. The maximum Gasteiger partial charge on any atom is 0.0574 e. The molecule has 0 aliphatic rings. The molecule has 5 nitrogen and oxygen atoms in total. The number of pyridine rings is 1. The fourth-order valence-corrected chi connectivity index (χ4v) is 2.31. The number of aryl methyl sites for hydroxylation is 1. The number of aromatic nitrogens is 3. The Bertz CT molecular complexity index is 527. The van der Waals surface area contributed by atoms with E-state index in [2.05, 4.69) is 46.4 Å². The molecule has 2 rings (SSSR count). The molecule has 0 bridgehead atoms. The Labute approximate surface area is 120 Å². The van der Waals surface area contributed by atoms with Crippen LogP contribution in [0.4, 0.5) is 5.69 Å². The van der Waals surface area contributed by atoms with Crippen molar-refractivity contribution in [2.24, 2.45) is 7.05 Å². The molecule has 20 heavy (non-hydrogen) atoms. The highest BCUT2D eigenvalue weighted by Crippen LogP contribution is 2.18. The van der Waals surface area contributed by atoms with Gasteiger partial charge in [-0.25, -0.2) is 0 Å². The summed E-state index contributed by atoms with van der Waals surface area (Å²) in [5, 5.41) is 7.46. The van der Waals surface area contributed by atoms with Crippen molar-refractivity contribution < 1.29 is 0 Å². The van der Waals surface area contributed by atoms with Crippen LogP contribution < -0.4 is 10.2 Å². The lowest BCUT2D eigenvalue weighted by Gasteiger charge is -2.19. The zero-order chi connectivity index (χ0) is 14.5. The van der Waals surface area contributed by atoms with E-state index in [0.717, 1.165) is 24.3 Å². The number of nitrogens with zero attached hydrogens (tertiary/aromatic N) is 4. The van der Waals surface area contributed by atoms with Gasteiger partial charge in [-0.3, -0.25) is 9.67 Å². The highest BCUT2D eigenvalue weighted by molar-refractivity contribution is 5.44. The molecule has 2 heterocycles. The Kier molecular flexibility index (Phi) is 4.74. The molecular weight excluding hydrogens is 250 g/mol. The average molecular weight is 273 g/mol. The monoisotopic (exact) mass is 273 g/mol. The van der Waals surface area contributed by atoms with Crippen molar-refractivity contribution >= 4 is 5.69 Å². The Balaban J connectivity index is 2.05. The molecule has 1 N–H and O–H groups in total. The van der Waals surface area contributed by atoms with E-state index >= 15 is 0 Å². The lowest BCUT2D eigenvalue weighted by atomic mass is 10.1. The Morgan fingerprint density at radius 2 is 2.15 bits per heavy atom. The van der Waals surface area contributed by atoms with Gasteiger partial charge in [0.15, 0.2) is 0 Å². The minimum absolute atomic E-state index is 0.327. The first kappa shape index (κ1) is 14.5. The van der Waals surface area contributed by atoms with E-state index in [1.54, 1.807) is 0 Å². The predicted molar refractivity (Wildman–Crippen MR) is 81.6 cm³/mol. The summed E-state index contributed by atoms with van der Waals surface area (Å²) in [6.07, 6.45) is 6.90. The van der Waals surface area contributed by atoms with Crippen molar-refractivity contribution in [3.63, 3.8) is 0 Å². The third-order valence-electron chi connectivity index (χ3n) is 3.50. The zero-order valence-corrected chi connectivity index (χ0v) is 12.7. The average Bonchev–Trinajstić information content (AvgIpc) is 2.86. The van der Waals surface area contributed by atoms with Crippen LogP contribution in [0.1, 0.15) is 30.6 Å². The zero-order valence-electron chi connectivity index (χ0n) is 12.7. The number of anilines is 1. The van der Waals surface area contributed by atoms with E-state index in [0.29, 0.717) is 6.04 Å². The van der Waals surface area contributed by atoms with Crippen molar-refractivity contribution in [1.29, 1.82) is 0 Å². The summed E-state index contributed by atoms with van der Waals surface area (Å²) in [6, 6.07) is 4.55. The molecular formula is C15H23N5. The van der Waals surface area contributed by atoms with Crippen LogP contribution in [0.5, 0.6) is 0 Å². The van der Waals surface area contributed by atoms with Gasteiger partial charge in [0.2, 0.25) is 0 Å². The molecule has 108 valence electrons. The van der Waals surface area contributed by atoms with Gasteiger partial charge in [0, 0.05) is 38.4 Å². The van der Waals surface area contributed by atoms with Gasteiger partial charge in [0.05, 0.1) is 23.8 Å². The van der Waals surface area contributed by atoms with Gasteiger partial charge in [-0.15, -0.1) is 0 Å². The molecule has 5 heteroatoms. The first-order chi connectivity index (χ1) is 9.63. The summed E-state index contributed by atoms with van der Waals surface area (Å²) in [7, 11) is 5.97. The smallest absolute Gasteiger partial charge is 0.0574 e. The van der Waals surface area contributed by atoms with Crippen LogP contribution in [0.3, 0.4) is 0 Å². The Morgan fingerprint density at radius 1 is 1.35 bits per heavy atom. The molecule has 2 aromatic heterocycles. The molecule has 0 saturated carbocycles. The summed E-state index contributed by atoms with van der Waals surface area (Å²) in [5.74, 6) is 0. The topological polar surface area (TPSA) is 46.0 Å². The van der Waals surface area contributed by atoms with Crippen molar-refractivity contribution in [1.82, 2.24) is 20.1 Å². The summed E-state index contributed by atoms with van der Waals surface area (Å²) >= 11 is 0. The number of hydrogen-bond donors (Lipinski definition) is 1. The first-order valence-corrected chi connectivity index (χ1v) is 6.96. The van der Waals surface area contributed by atoms with Crippen LogP contribution in [0.2, 0.25) is 0 Å². The minimum atomic E-state index is 0.327. The minimum Gasteiger partial charge on any atom is -0.369 e. The normalized spacial score (nSPS) is 12.4. The van der Waals surface area contributed by atoms with E-state index in [1.807, 2.05) is 37.4 Å². The molecule has 0 fully saturated rings. The molecule has 2 aromatic rings. The van der Waals surface area contributed by atoms with E-state index in [4.69, 9.17) is 0 Å². The lowest BCUT2D eigenvalue weighted by Crippen LogP contribution is -2.18. The largest absolute Gasteiger partial charge is 0.369 e. The highest BCUT2D eigenvalue weighted by atomic mass is 15.2. The van der Waals surface area contributed by atoms with E-state index in [-0.39, 0.29) is 0 Å². The van der Waals surface area contributed by atoms with Gasteiger partial charge in [-0.2, -0.15) is 5.10 Å². The third-order valence-corrected chi connectivity index (χ3v) is 3.50. The summed E-state index contributed by atoms with van der Waals surface area (Å²) in [4.78, 5) is 6.74. The molecule has 0 aromatic carbocycles. The van der Waals surface area contributed by atoms with Crippen molar-refractivity contribution in [3.05, 3.63) is 42.0 Å². The lowest BCUT2D eigenvalue weighted by molar-refractivity contribution is 0.561. The van der Waals surface area contributed by atoms with Crippen LogP contribution in [0, 0.1) is 0 Å². The molecule has 0 saturated heterocycles. The van der Waals surface area contributed by atoms with Crippen LogP contribution >= 0.6 is 0 Å². The first-order valence-electron chi connectivity index (χ1n) is 6.96. The fraction of sp³-hybridized carbons (Fsp3) is 0.467. The molecule has 0 aliphatic heterocycles. The van der Waals surface area contributed by atoms with Gasteiger partial charge in [0.25, 0.3) is 0 Å². The molecule has 1 unspecified atom stereocenters. The van der Waals surface area contributed by atoms with E-state index < -0.39 is 0 Å². The van der Waals surface area contributed by atoms with Gasteiger partial charge < -0.3 is 10.2 Å². The van der Waals surface area contributed by atoms with Crippen molar-refractivity contribution in [2.45, 2.75) is 25.9 Å². The van der Waals surface area contributed by atoms with E-state index in [1.165, 1.54) is 5.56 Å². The van der Waals surface area contributed by atoms with Gasteiger partial charge in [-0.1, -0.05) is 6.92 Å². The molecule has 0 radical (unpaired) electrons. The Hall–Kier alpha value is -1.88.